The molecule has 0 spiro atoms. The van der Waals surface area contributed by atoms with Crippen molar-refractivity contribution in [3.8, 4) is 0 Å². The highest BCUT2D eigenvalue weighted by Crippen LogP contribution is 2.18. The van der Waals surface area contributed by atoms with Crippen molar-refractivity contribution in [2.45, 2.75) is 6.92 Å². The molecule has 1 rings (SSSR count). The highest BCUT2D eigenvalue weighted by atomic mass is 79.9. The first-order valence-electron chi connectivity index (χ1n) is 3.45. The lowest BCUT2D eigenvalue weighted by molar-refractivity contribution is 0.422. The van der Waals surface area contributed by atoms with Crippen LogP contribution in [0.15, 0.2) is 10.5 Å². The average Bonchev–Trinajstić information content (AvgIpc) is 1.99. The zero-order valence-corrected chi connectivity index (χ0v) is 8.27. The SMILES string of the molecule is Cc1cc(F)c(B(O)O)c(Br)c1F. The van der Waals surface area contributed by atoms with Crippen molar-refractivity contribution in [3.63, 3.8) is 0 Å². The molecule has 0 aliphatic rings. The molecule has 0 saturated heterocycles. The third-order valence-electron chi connectivity index (χ3n) is 1.63. The highest BCUT2D eigenvalue weighted by molar-refractivity contribution is 9.10. The fourth-order valence-corrected chi connectivity index (χ4v) is 1.67. The molecule has 1 aromatic rings. The lowest BCUT2D eigenvalue weighted by Gasteiger charge is -2.07. The molecule has 0 aliphatic heterocycles. The summed E-state index contributed by atoms with van der Waals surface area (Å²) >= 11 is 2.75. The van der Waals surface area contributed by atoms with E-state index in [9.17, 15) is 8.78 Å². The molecular formula is C7H6BBrF2O2. The van der Waals surface area contributed by atoms with Gasteiger partial charge in [0.05, 0.1) is 4.47 Å². The van der Waals surface area contributed by atoms with Crippen molar-refractivity contribution < 1.29 is 18.8 Å². The van der Waals surface area contributed by atoms with Crippen LogP contribution < -0.4 is 5.46 Å². The number of halogens is 3. The van der Waals surface area contributed by atoms with E-state index in [1.54, 1.807) is 0 Å². The Balaban J connectivity index is 3.44. The molecular weight excluding hydrogens is 245 g/mol. The number of hydrogen-bond donors (Lipinski definition) is 2. The smallest absolute Gasteiger partial charge is 0.423 e. The van der Waals surface area contributed by atoms with Gasteiger partial charge in [0.2, 0.25) is 0 Å². The lowest BCUT2D eigenvalue weighted by Crippen LogP contribution is -2.34. The van der Waals surface area contributed by atoms with Crippen LogP contribution in [0.25, 0.3) is 0 Å². The van der Waals surface area contributed by atoms with Crippen molar-refractivity contribution in [2.75, 3.05) is 0 Å². The summed E-state index contributed by atoms with van der Waals surface area (Å²) in [7, 11) is -2.02. The summed E-state index contributed by atoms with van der Waals surface area (Å²) in [4.78, 5) is 0. The summed E-state index contributed by atoms with van der Waals surface area (Å²) in [5.41, 5.74) is -0.378. The van der Waals surface area contributed by atoms with Crippen LogP contribution in [0.5, 0.6) is 0 Å². The zero-order chi connectivity index (χ0) is 10.2. The molecule has 0 aromatic heterocycles. The number of rotatable bonds is 1. The second kappa shape index (κ2) is 3.73. The molecule has 0 fully saturated rings. The van der Waals surface area contributed by atoms with Gasteiger partial charge in [0, 0.05) is 5.46 Å². The van der Waals surface area contributed by atoms with Crippen LogP contribution in [-0.2, 0) is 0 Å². The van der Waals surface area contributed by atoms with E-state index in [4.69, 9.17) is 10.0 Å². The zero-order valence-electron chi connectivity index (χ0n) is 6.68. The van der Waals surface area contributed by atoms with Crippen LogP contribution >= 0.6 is 15.9 Å². The van der Waals surface area contributed by atoms with E-state index in [1.165, 1.54) is 6.92 Å². The highest BCUT2D eigenvalue weighted by Gasteiger charge is 2.23. The molecule has 13 heavy (non-hydrogen) atoms. The molecule has 2 N–H and O–H groups in total. The van der Waals surface area contributed by atoms with Gasteiger partial charge in [-0.15, -0.1) is 0 Å². The van der Waals surface area contributed by atoms with Gasteiger partial charge in [-0.25, -0.2) is 8.78 Å². The molecule has 0 amide bonds. The Morgan fingerprint density at radius 2 is 1.92 bits per heavy atom. The maximum atomic E-state index is 13.1. The van der Waals surface area contributed by atoms with Crippen LogP contribution in [0.2, 0.25) is 0 Å². The summed E-state index contributed by atoms with van der Waals surface area (Å²) in [5.74, 6) is -1.54. The normalized spacial score (nSPS) is 10.3. The minimum absolute atomic E-state index is 0.105. The van der Waals surface area contributed by atoms with Gasteiger partial charge in [-0.05, 0) is 34.5 Å². The largest absolute Gasteiger partial charge is 0.492 e. The Hall–Kier alpha value is -0.455. The molecule has 70 valence electrons. The van der Waals surface area contributed by atoms with Crippen LogP contribution in [0.1, 0.15) is 5.56 Å². The van der Waals surface area contributed by atoms with Gasteiger partial charge in [0.15, 0.2) is 0 Å². The predicted molar refractivity (Wildman–Crippen MR) is 48.6 cm³/mol. The van der Waals surface area contributed by atoms with Gasteiger partial charge >= 0.3 is 7.12 Å². The quantitative estimate of drug-likeness (QED) is 0.570. The fraction of sp³-hybridized carbons (Fsp3) is 0.143. The van der Waals surface area contributed by atoms with E-state index in [1.807, 2.05) is 0 Å². The maximum Gasteiger partial charge on any atom is 0.492 e. The third kappa shape index (κ3) is 1.90. The first-order chi connectivity index (χ1) is 5.95. The number of hydrogen-bond acceptors (Lipinski definition) is 2. The standard InChI is InChI=1S/C7H6BBrF2O2/c1-3-2-4(10)5(8(12)13)6(9)7(3)11/h2,12-13H,1H3. The van der Waals surface area contributed by atoms with Crippen LogP contribution in [-0.4, -0.2) is 17.2 Å². The van der Waals surface area contributed by atoms with Crippen molar-refractivity contribution in [2.24, 2.45) is 0 Å². The summed E-state index contributed by atoms with van der Waals surface area (Å²) in [6.45, 7) is 1.39. The second-order valence-electron chi connectivity index (χ2n) is 2.59. The molecule has 2 nitrogen and oxygen atoms in total. The number of benzene rings is 1. The monoisotopic (exact) mass is 250 g/mol. The van der Waals surface area contributed by atoms with E-state index in [0.29, 0.717) is 0 Å². The molecule has 0 bridgehead atoms. The van der Waals surface area contributed by atoms with E-state index in [-0.39, 0.29) is 10.0 Å². The molecule has 0 atom stereocenters. The van der Waals surface area contributed by atoms with Gasteiger partial charge in [0.1, 0.15) is 11.6 Å². The first kappa shape index (κ1) is 10.6. The molecule has 0 aliphatic carbocycles. The minimum Gasteiger partial charge on any atom is -0.423 e. The topological polar surface area (TPSA) is 40.5 Å². The average molecular weight is 251 g/mol. The van der Waals surface area contributed by atoms with Crippen LogP contribution in [0.3, 0.4) is 0 Å². The van der Waals surface area contributed by atoms with E-state index >= 15 is 0 Å². The van der Waals surface area contributed by atoms with E-state index < -0.39 is 24.2 Å². The van der Waals surface area contributed by atoms with Gasteiger partial charge in [-0.1, -0.05) is 0 Å². The van der Waals surface area contributed by atoms with Gasteiger partial charge in [0.25, 0.3) is 0 Å². The molecule has 1 aromatic carbocycles. The summed E-state index contributed by atoms with van der Waals surface area (Å²) in [6.07, 6.45) is 0. The van der Waals surface area contributed by atoms with E-state index in [0.717, 1.165) is 6.07 Å². The molecule has 0 heterocycles. The Bertz CT molecular complexity index is 344. The fourth-order valence-electron chi connectivity index (χ4n) is 0.964. The summed E-state index contributed by atoms with van der Waals surface area (Å²) in [5, 5.41) is 17.4. The van der Waals surface area contributed by atoms with Crippen LogP contribution in [0, 0.1) is 18.6 Å². The number of aryl methyl sites for hydroxylation is 1. The van der Waals surface area contributed by atoms with Crippen molar-refractivity contribution in [1.29, 1.82) is 0 Å². The third-order valence-corrected chi connectivity index (χ3v) is 2.41. The van der Waals surface area contributed by atoms with Gasteiger partial charge < -0.3 is 10.0 Å². The Kier molecular flexibility index (Phi) is 3.05. The Morgan fingerprint density at radius 1 is 1.38 bits per heavy atom. The van der Waals surface area contributed by atoms with Crippen LogP contribution in [0.4, 0.5) is 8.78 Å². The maximum absolute atomic E-state index is 13.1. The Labute approximate surface area is 82.5 Å². The molecule has 0 radical (unpaired) electrons. The van der Waals surface area contributed by atoms with Crippen molar-refractivity contribution in [1.82, 2.24) is 0 Å². The molecule has 6 heteroatoms. The van der Waals surface area contributed by atoms with Crippen molar-refractivity contribution in [3.05, 3.63) is 27.7 Å². The molecule has 0 saturated carbocycles. The predicted octanol–water partition coefficient (Wildman–Crippen LogP) is 0.716. The van der Waals surface area contributed by atoms with Gasteiger partial charge in [-0.2, -0.15) is 0 Å². The van der Waals surface area contributed by atoms with E-state index in [2.05, 4.69) is 15.9 Å². The summed E-state index contributed by atoms with van der Waals surface area (Å²) < 4.78 is 25.9. The lowest BCUT2D eigenvalue weighted by atomic mass is 9.79. The second-order valence-corrected chi connectivity index (χ2v) is 3.38. The van der Waals surface area contributed by atoms with Crippen molar-refractivity contribution >= 4 is 28.5 Å². The Morgan fingerprint density at radius 3 is 2.38 bits per heavy atom. The molecule has 0 unspecified atom stereocenters. The summed E-state index contributed by atoms with van der Waals surface area (Å²) in [6, 6.07) is 0.912. The first-order valence-corrected chi connectivity index (χ1v) is 4.24. The van der Waals surface area contributed by atoms with Gasteiger partial charge in [-0.3, -0.25) is 0 Å². The minimum atomic E-state index is -2.02.